The first kappa shape index (κ1) is 23.8. The number of benzene rings is 2. The number of hydrogen-bond acceptors (Lipinski definition) is 6. The fourth-order valence-electron chi connectivity index (χ4n) is 3.84. The maximum Gasteiger partial charge on any atom is 0.266 e. The zero-order valence-corrected chi connectivity index (χ0v) is 20.0. The second-order valence-electron chi connectivity index (χ2n) is 7.89. The Kier molecular flexibility index (Phi) is 8.41. The van der Waals surface area contributed by atoms with Gasteiger partial charge in [0.25, 0.3) is 5.56 Å². The van der Waals surface area contributed by atoms with Crippen LogP contribution in [0.3, 0.4) is 0 Å². The molecule has 4 rings (SSSR count). The highest BCUT2D eigenvalue weighted by Crippen LogP contribution is 2.24. The molecule has 0 aliphatic carbocycles. The number of carbonyl (C=O) groups excluding carboxylic acids is 1. The summed E-state index contributed by atoms with van der Waals surface area (Å²) in [5.74, 6) is -0.00179. The van der Waals surface area contributed by atoms with E-state index in [-0.39, 0.29) is 17.3 Å². The van der Waals surface area contributed by atoms with Crippen molar-refractivity contribution >= 4 is 40.3 Å². The number of piperidine rings is 1. The van der Waals surface area contributed by atoms with Gasteiger partial charge in [-0.3, -0.25) is 14.2 Å². The van der Waals surface area contributed by atoms with Crippen LogP contribution < -0.4 is 10.9 Å². The number of likely N-dealkylation sites (tertiary alicyclic amines) is 1. The molecule has 0 unspecified atom stereocenters. The fraction of sp³-hybridized carbons (Fsp3) is 0.375. The molecule has 1 saturated heterocycles. The molecule has 1 aliphatic heterocycles. The lowest BCUT2D eigenvalue weighted by molar-refractivity contribution is -0.118. The third-order valence-corrected chi connectivity index (χ3v) is 7.67. The van der Waals surface area contributed by atoms with Crippen molar-refractivity contribution in [1.82, 2.24) is 19.8 Å². The van der Waals surface area contributed by atoms with E-state index >= 15 is 0 Å². The molecule has 1 aromatic heterocycles. The molecule has 0 bridgehead atoms. The van der Waals surface area contributed by atoms with Gasteiger partial charge in [-0.25, -0.2) is 9.37 Å². The van der Waals surface area contributed by atoms with Crippen LogP contribution in [0.5, 0.6) is 0 Å². The van der Waals surface area contributed by atoms with E-state index in [4.69, 9.17) is 0 Å². The molecule has 1 amide bonds. The zero-order chi connectivity index (χ0) is 23.0. The second-order valence-corrected chi connectivity index (χ2v) is 10.2. The van der Waals surface area contributed by atoms with Crippen molar-refractivity contribution in [2.75, 3.05) is 37.0 Å². The number of halogens is 1. The van der Waals surface area contributed by atoms with Crippen LogP contribution in [0.4, 0.5) is 4.39 Å². The van der Waals surface area contributed by atoms with E-state index in [0.29, 0.717) is 39.1 Å². The van der Waals surface area contributed by atoms with Crippen molar-refractivity contribution < 1.29 is 9.18 Å². The predicted octanol–water partition coefficient (Wildman–Crippen LogP) is 3.91. The lowest BCUT2D eigenvalue weighted by Crippen LogP contribution is -2.38. The van der Waals surface area contributed by atoms with Gasteiger partial charge in [0.1, 0.15) is 5.82 Å². The van der Waals surface area contributed by atoms with Crippen molar-refractivity contribution in [3.63, 3.8) is 0 Å². The second kappa shape index (κ2) is 11.7. The van der Waals surface area contributed by atoms with Gasteiger partial charge >= 0.3 is 0 Å². The summed E-state index contributed by atoms with van der Waals surface area (Å²) < 4.78 is 14.9. The molecule has 9 heteroatoms. The van der Waals surface area contributed by atoms with Crippen LogP contribution in [-0.2, 0) is 4.79 Å². The van der Waals surface area contributed by atoms with E-state index in [1.165, 1.54) is 59.5 Å². The third-order valence-electron chi connectivity index (χ3n) is 5.53. The average Bonchev–Trinajstić information content (AvgIpc) is 2.83. The van der Waals surface area contributed by atoms with E-state index in [0.717, 1.165) is 19.6 Å². The van der Waals surface area contributed by atoms with E-state index in [2.05, 4.69) is 15.2 Å². The van der Waals surface area contributed by atoms with Crippen molar-refractivity contribution in [3.05, 3.63) is 64.7 Å². The number of para-hydroxylation sites is 1. The summed E-state index contributed by atoms with van der Waals surface area (Å²) >= 11 is 2.88. The van der Waals surface area contributed by atoms with Crippen LogP contribution in [-0.4, -0.2) is 57.4 Å². The first-order valence-electron chi connectivity index (χ1n) is 11.1. The number of nitrogens with zero attached hydrogens (tertiary/aromatic N) is 3. The fourth-order valence-corrected chi connectivity index (χ4v) is 5.70. The Balaban J connectivity index is 1.36. The molecule has 6 nitrogen and oxygen atoms in total. The summed E-state index contributed by atoms with van der Waals surface area (Å²) in [6.45, 7) is 3.81. The zero-order valence-electron chi connectivity index (χ0n) is 18.3. The Bertz CT molecular complexity index is 1150. The summed E-state index contributed by atoms with van der Waals surface area (Å²) in [5, 5.41) is 4.57. The smallest absolute Gasteiger partial charge is 0.266 e. The summed E-state index contributed by atoms with van der Waals surface area (Å²) in [7, 11) is 0. The SMILES string of the molecule is O=C(CSCSc1nc2ccccc2c(=O)n1-c1ccc(F)cc1)NCCN1CCCCC1. The predicted molar refractivity (Wildman–Crippen MR) is 134 cm³/mol. The quantitative estimate of drug-likeness (QED) is 0.214. The number of amides is 1. The number of fused-ring (bicyclic) bond motifs is 1. The molecule has 0 radical (unpaired) electrons. The highest BCUT2D eigenvalue weighted by molar-refractivity contribution is 8.16. The lowest BCUT2D eigenvalue weighted by Gasteiger charge is -2.26. The van der Waals surface area contributed by atoms with Crippen molar-refractivity contribution in [2.24, 2.45) is 0 Å². The van der Waals surface area contributed by atoms with Crippen LogP contribution in [0.15, 0.2) is 58.5 Å². The minimum absolute atomic E-state index is 0.0139. The average molecular weight is 487 g/mol. The van der Waals surface area contributed by atoms with Crippen LogP contribution >= 0.6 is 23.5 Å². The van der Waals surface area contributed by atoms with Gasteiger partial charge in [0.2, 0.25) is 5.91 Å². The first-order valence-corrected chi connectivity index (χ1v) is 13.2. The van der Waals surface area contributed by atoms with Gasteiger partial charge in [-0.1, -0.05) is 30.3 Å². The van der Waals surface area contributed by atoms with E-state index in [9.17, 15) is 14.0 Å². The maximum atomic E-state index is 13.4. The topological polar surface area (TPSA) is 67.2 Å². The number of hydrogen-bond donors (Lipinski definition) is 1. The third kappa shape index (κ3) is 6.37. The molecule has 33 heavy (non-hydrogen) atoms. The Hall–Kier alpha value is -2.36. The summed E-state index contributed by atoms with van der Waals surface area (Å²) in [6.07, 6.45) is 3.79. The minimum Gasteiger partial charge on any atom is -0.354 e. The van der Waals surface area contributed by atoms with Gasteiger partial charge in [0, 0.05) is 18.2 Å². The highest BCUT2D eigenvalue weighted by Gasteiger charge is 2.14. The summed E-state index contributed by atoms with van der Waals surface area (Å²) in [6, 6.07) is 13.0. The first-order chi connectivity index (χ1) is 16.1. The Morgan fingerprint density at radius 3 is 2.61 bits per heavy atom. The highest BCUT2D eigenvalue weighted by atomic mass is 32.2. The van der Waals surface area contributed by atoms with Crippen LogP contribution in [0.25, 0.3) is 16.6 Å². The number of carbonyl (C=O) groups is 1. The molecule has 2 heterocycles. The van der Waals surface area contributed by atoms with Crippen molar-refractivity contribution in [2.45, 2.75) is 24.4 Å². The van der Waals surface area contributed by atoms with Crippen molar-refractivity contribution in [3.8, 4) is 5.69 Å². The Morgan fingerprint density at radius 2 is 1.82 bits per heavy atom. The molecule has 0 saturated carbocycles. The number of aromatic nitrogens is 2. The van der Waals surface area contributed by atoms with Gasteiger partial charge in [-0.15, -0.1) is 11.8 Å². The number of nitrogens with one attached hydrogen (secondary N) is 1. The summed E-state index contributed by atoms with van der Waals surface area (Å²) in [4.78, 5) is 32.4. The molecular formula is C24H27FN4O2S2. The lowest BCUT2D eigenvalue weighted by atomic mass is 10.1. The van der Waals surface area contributed by atoms with Crippen LogP contribution in [0.1, 0.15) is 19.3 Å². The van der Waals surface area contributed by atoms with Gasteiger partial charge < -0.3 is 10.2 Å². The molecule has 1 aliphatic rings. The van der Waals surface area contributed by atoms with Gasteiger partial charge in [-0.05, 0) is 62.3 Å². The van der Waals surface area contributed by atoms with E-state index < -0.39 is 0 Å². The van der Waals surface area contributed by atoms with Crippen molar-refractivity contribution in [1.29, 1.82) is 0 Å². The normalized spacial score (nSPS) is 14.5. The molecule has 0 atom stereocenters. The van der Waals surface area contributed by atoms with Gasteiger partial charge in [-0.2, -0.15) is 0 Å². The number of rotatable bonds is 9. The minimum atomic E-state index is -0.364. The molecule has 2 aromatic carbocycles. The molecule has 3 aromatic rings. The maximum absolute atomic E-state index is 13.4. The molecule has 1 fully saturated rings. The summed E-state index contributed by atoms with van der Waals surface area (Å²) in [5.41, 5.74) is 0.974. The van der Waals surface area contributed by atoms with Gasteiger partial charge in [0.05, 0.1) is 22.3 Å². The molecule has 1 N–H and O–H groups in total. The Morgan fingerprint density at radius 1 is 1.06 bits per heavy atom. The monoisotopic (exact) mass is 486 g/mol. The molecule has 174 valence electrons. The van der Waals surface area contributed by atoms with E-state index in [1.54, 1.807) is 30.3 Å². The molecule has 0 spiro atoms. The largest absolute Gasteiger partial charge is 0.354 e. The van der Waals surface area contributed by atoms with Crippen LogP contribution in [0, 0.1) is 5.82 Å². The standard InChI is InChI=1S/C24H27FN4O2S2/c25-18-8-10-19(11-9-18)29-23(31)20-6-2-3-7-21(20)27-24(29)33-17-32-16-22(30)26-12-15-28-13-4-1-5-14-28/h2-3,6-11H,1,4-5,12-17H2,(H,26,30). The van der Waals surface area contributed by atoms with Crippen LogP contribution in [0.2, 0.25) is 0 Å². The Labute approximate surface area is 201 Å². The number of thioether (sulfide) groups is 2. The van der Waals surface area contributed by atoms with Gasteiger partial charge in [0.15, 0.2) is 5.16 Å². The van der Waals surface area contributed by atoms with E-state index in [1.807, 2.05) is 6.07 Å². The molecular weight excluding hydrogens is 459 g/mol.